The van der Waals surface area contributed by atoms with Crippen LogP contribution in [0.3, 0.4) is 0 Å². The fourth-order valence-corrected chi connectivity index (χ4v) is 3.34. The number of unbranched alkanes of at least 4 members (excludes halogenated alkanes) is 5. The fourth-order valence-electron chi connectivity index (χ4n) is 3.34. The van der Waals surface area contributed by atoms with Crippen LogP contribution in [0, 0.1) is 5.92 Å². The zero-order valence-corrected chi connectivity index (χ0v) is 20.7. The number of ether oxygens (including phenoxy) is 1. The van der Waals surface area contributed by atoms with E-state index in [0.717, 1.165) is 12.8 Å². The first-order chi connectivity index (χ1) is 15.7. The summed E-state index contributed by atoms with van der Waals surface area (Å²) >= 11 is 0. The van der Waals surface area contributed by atoms with Gasteiger partial charge in [-0.15, -0.1) is 0 Å². The highest BCUT2D eigenvalue weighted by molar-refractivity contribution is 6.43. The van der Waals surface area contributed by atoms with Crippen molar-refractivity contribution in [2.45, 2.75) is 97.0 Å². The van der Waals surface area contributed by atoms with E-state index in [-0.39, 0.29) is 30.8 Å². The van der Waals surface area contributed by atoms with Gasteiger partial charge in [-0.2, -0.15) is 0 Å². The lowest BCUT2D eigenvalue weighted by atomic mass is 9.75. The molecular formula is C22H46BN5O5. The van der Waals surface area contributed by atoms with Gasteiger partial charge in [0.05, 0.1) is 12.5 Å². The molecule has 0 aromatic rings. The standard InChI is InChI=1S/C22H46BN5O5/c1-4-5-6-7-8-9-14-33-15-12-20(29)27-18(11-10-13-26-22(24)25)21(30)28-19(23(31)32)16-17(2)3/h17-19,31-32H,4-16H2,1-3H3,(H,27,29)(H,28,30)(H4,24,25,26)/t18-,19-/m0/s1. The number of amides is 2. The third-order valence-electron chi connectivity index (χ3n) is 5.13. The smallest absolute Gasteiger partial charge is 0.426 e. The summed E-state index contributed by atoms with van der Waals surface area (Å²) in [5.41, 5.74) is 10.6. The number of nitrogens with two attached hydrogens (primary N) is 2. The molecule has 0 radical (unpaired) electrons. The van der Waals surface area contributed by atoms with Crippen LogP contribution in [-0.2, 0) is 14.3 Å². The monoisotopic (exact) mass is 471 g/mol. The predicted octanol–water partition coefficient (Wildman–Crippen LogP) is 0.835. The van der Waals surface area contributed by atoms with Gasteiger partial charge in [-0.1, -0.05) is 52.9 Å². The first-order valence-corrected chi connectivity index (χ1v) is 12.3. The molecule has 0 saturated heterocycles. The molecule has 2 amide bonds. The molecule has 33 heavy (non-hydrogen) atoms. The van der Waals surface area contributed by atoms with Crippen molar-refractivity contribution in [2.75, 3.05) is 19.8 Å². The number of carbonyl (C=O) groups is 2. The SMILES string of the molecule is CCCCCCCCOCCC(=O)N[C@@H](CCCN=C(N)N)C(=O)N[C@@H](CC(C)C)B(O)O. The summed E-state index contributed by atoms with van der Waals surface area (Å²) in [4.78, 5) is 29.0. The Morgan fingerprint density at radius 2 is 1.67 bits per heavy atom. The van der Waals surface area contributed by atoms with Gasteiger partial charge >= 0.3 is 7.12 Å². The van der Waals surface area contributed by atoms with Crippen LogP contribution < -0.4 is 22.1 Å². The molecule has 0 bridgehead atoms. The van der Waals surface area contributed by atoms with Crippen molar-refractivity contribution in [3.63, 3.8) is 0 Å². The number of hydrogen-bond donors (Lipinski definition) is 6. The van der Waals surface area contributed by atoms with Gasteiger partial charge in [-0.05, 0) is 31.6 Å². The summed E-state index contributed by atoms with van der Waals surface area (Å²) in [5, 5.41) is 24.5. The zero-order chi connectivity index (χ0) is 25.1. The van der Waals surface area contributed by atoms with E-state index in [1.165, 1.54) is 25.7 Å². The van der Waals surface area contributed by atoms with Crippen LogP contribution in [0.15, 0.2) is 4.99 Å². The van der Waals surface area contributed by atoms with E-state index in [0.29, 0.717) is 32.4 Å². The minimum absolute atomic E-state index is 0.0389. The van der Waals surface area contributed by atoms with Gasteiger partial charge in [0.15, 0.2) is 5.96 Å². The molecule has 0 heterocycles. The van der Waals surface area contributed by atoms with E-state index in [9.17, 15) is 19.6 Å². The van der Waals surface area contributed by atoms with Crippen molar-refractivity contribution in [3.05, 3.63) is 0 Å². The second-order valence-corrected chi connectivity index (χ2v) is 8.86. The average Bonchev–Trinajstić information content (AvgIpc) is 2.73. The van der Waals surface area contributed by atoms with Crippen LogP contribution in [0.4, 0.5) is 0 Å². The Balaban J connectivity index is 4.58. The lowest BCUT2D eigenvalue weighted by molar-refractivity contribution is -0.130. The molecule has 0 aliphatic rings. The summed E-state index contributed by atoms with van der Waals surface area (Å²) in [7, 11) is -1.69. The van der Waals surface area contributed by atoms with E-state index in [4.69, 9.17) is 16.2 Å². The number of guanidine groups is 1. The van der Waals surface area contributed by atoms with Gasteiger partial charge in [-0.3, -0.25) is 14.6 Å². The van der Waals surface area contributed by atoms with E-state index < -0.39 is 25.0 Å². The number of rotatable bonds is 20. The van der Waals surface area contributed by atoms with Crippen LogP contribution in [0.25, 0.3) is 0 Å². The van der Waals surface area contributed by atoms with Gasteiger partial charge in [0, 0.05) is 19.6 Å². The number of nitrogens with zero attached hydrogens (tertiary/aromatic N) is 1. The van der Waals surface area contributed by atoms with Gasteiger partial charge in [-0.25, -0.2) is 0 Å². The largest absolute Gasteiger partial charge is 0.475 e. The fraction of sp³-hybridized carbons (Fsp3) is 0.864. The number of nitrogens with one attached hydrogen (secondary N) is 2. The summed E-state index contributed by atoms with van der Waals surface area (Å²) < 4.78 is 5.54. The summed E-state index contributed by atoms with van der Waals surface area (Å²) in [5.74, 6) is -1.49. The second kappa shape index (κ2) is 19.6. The molecule has 0 aliphatic carbocycles. The number of aliphatic imine (C=N–C) groups is 1. The molecule has 0 fully saturated rings. The van der Waals surface area contributed by atoms with Crippen LogP contribution in [-0.4, -0.2) is 66.7 Å². The van der Waals surface area contributed by atoms with Gasteiger partial charge in [0.25, 0.3) is 0 Å². The molecular weight excluding hydrogens is 425 g/mol. The van der Waals surface area contributed by atoms with E-state index >= 15 is 0 Å². The van der Waals surface area contributed by atoms with E-state index in [2.05, 4.69) is 22.5 Å². The van der Waals surface area contributed by atoms with Crippen molar-refractivity contribution in [1.82, 2.24) is 10.6 Å². The molecule has 0 aliphatic heterocycles. The Labute approximate surface area is 199 Å². The lowest BCUT2D eigenvalue weighted by Crippen LogP contribution is -2.54. The third kappa shape index (κ3) is 18.3. The molecule has 192 valence electrons. The van der Waals surface area contributed by atoms with E-state index in [1.807, 2.05) is 13.8 Å². The van der Waals surface area contributed by atoms with Crippen molar-refractivity contribution >= 4 is 24.9 Å². The summed E-state index contributed by atoms with van der Waals surface area (Å²) in [6.45, 7) is 7.25. The molecule has 0 unspecified atom stereocenters. The average molecular weight is 471 g/mol. The molecule has 8 N–H and O–H groups in total. The first kappa shape index (κ1) is 31.2. The first-order valence-electron chi connectivity index (χ1n) is 12.3. The highest BCUT2D eigenvalue weighted by atomic mass is 16.5. The van der Waals surface area contributed by atoms with E-state index in [1.54, 1.807) is 0 Å². The number of hydrogen-bond acceptors (Lipinski definition) is 6. The highest BCUT2D eigenvalue weighted by Crippen LogP contribution is 2.08. The Morgan fingerprint density at radius 3 is 2.27 bits per heavy atom. The third-order valence-corrected chi connectivity index (χ3v) is 5.13. The summed E-state index contributed by atoms with van der Waals surface area (Å²) in [6, 6.07) is -0.835. The van der Waals surface area contributed by atoms with Crippen LogP contribution in [0.5, 0.6) is 0 Å². The van der Waals surface area contributed by atoms with Crippen molar-refractivity contribution < 1.29 is 24.4 Å². The van der Waals surface area contributed by atoms with Crippen LogP contribution >= 0.6 is 0 Å². The lowest BCUT2D eigenvalue weighted by Gasteiger charge is -2.24. The molecule has 10 nitrogen and oxygen atoms in total. The van der Waals surface area contributed by atoms with Crippen molar-refractivity contribution in [2.24, 2.45) is 22.4 Å². The second-order valence-electron chi connectivity index (χ2n) is 8.86. The maximum absolute atomic E-state index is 12.8. The Morgan fingerprint density at radius 1 is 1.00 bits per heavy atom. The van der Waals surface area contributed by atoms with Crippen LogP contribution in [0.1, 0.15) is 85.0 Å². The highest BCUT2D eigenvalue weighted by Gasteiger charge is 2.29. The van der Waals surface area contributed by atoms with Gasteiger partial charge in [0.2, 0.25) is 11.8 Å². The normalized spacial score (nSPS) is 12.8. The van der Waals surface area contributed by atoms with Crippen LogP contribution in [0.2, 0.25) is 0 Å². The quantitative estimate of drug-likeness (QED) is 0.0660. The maximum Gasteiger partial charge on any atom is 0.475 e. The molecule has 0 aromatic carbocycles. The molecule has 0 saturated carbocycles. The van der Waals surface area contributed by atoms with Crippen molar-refractivity contribution in [3.8, 4) is 0 Å². The molecule has 11 heteroatoms. The van der Waals surface area contributed by atoms with Gasteiger partial charge in [0.1, 0.15) is 6.04 Å². The van der Waals surface area contributed by atoms with Gasteiger partial charge < -0.3 is 36.9 Å². The maximum atomic E-state index is 12.8. The topological polar surface area (TPSA) is 172 Å². The Bertz CT molecular complexity index is 559. The molecule has 0 rings (SSSR count). The molecule has 2 atom stereocenters. The predicted molar refractivity (Wildman–Crippen MR) is 132 cm³/mol. The molecule has 0 spiro atoms. The zero-order valence-electron chi connectivity index (χ0n) is 20.7. The Kier molecular flexibility index (Phi) is 18.5. The Hall–Kier alpha value is -1.85. The minimum Gasteiger partial charge on any atom is -0.426 e. The summed E-state index contributed by atoms with van der Waals surface area (Å²) in [6.07, 6.45) is 8.35. The molecule has 0 aromatic heterocycles. The minimum atomic E-state index is -1.69. The number of carbonyl (C=O) groups excluding carboxylic acids is 2. The van der Waals surface area contributed by atoms with Crippen molar-refractivity contribution in [1.29, 1.82) is 0 Å².